The lowest BCUT2D eigenvalue weighted by molar-refractivity contribution is 0.413. The molecule has 1 aromatic carbocycles. The average molecular weight is 216 g/mol. The summed E-state index contributed by atoms with van der Waals surface area (Å²) in [7, 11) is 1.52. The Labute approximate surface area is 90.0 Å². The molecule has 4 heteroatoms. The molecule has 3 aromatic rings. The summed E-state index contributed by atoms with van der Waals surface area (Å²) in [5, 5.41) is 1.53. The molecule has 4 nitrogen and oxygen atoms in total. The largest absolute Gasteiger partial charge is 0.496 e. The number of ether oxygens (including phenoxy) is 1. The maximum atomic E-state index is 11.4. The first-order chi connectivity index (χ1) is 7.79. The van der Waals surface area contributed by atoms with Crippen LogP contribution in [0.5, 0.6) is 5.75 Å². The van der Waals surface area contributed by atoms with Crippen molar-refractivity contribution in [2.24, 2.45) is 0 Å². The summed E-state index contributed by atoms with van der Waals surface area (Å²) in [5.41, 5.74) is 0.748. The normalized spacial score (nSPS) is 11.1. The molecule has 0 atom stereocenters. The van der Waals surface area contributed by atoms with Crippen molar-refractivity contribution in [2.45, 2.75) is 0 Å². The maximum Gasteiger partial charge on any atom is 0.339 e. The molecule has 3 rings (SSSR count). The zero-order valence-electron chi connectivity index (χ0n) is 8.52. The Morgan fingerprint density at radius 3 is 2.88 bits per heavy atom. The van der Waals surface area contributed by atoms with Crippen LogP contribution in [0.2, 0.25) is 0 Å². The van der Waals surface area contributed by atoms with Crippen molar-refractivity contribution in [3.8, 4) is 5.75 Å². The quantitative estimate of drug-likeness (QED) is 0.586. The van der Waals surface area contributed by atoms with Gasteiger partial charge in [0.2, 0.25) is 0 Å². The van der Waals surface area contributed by atoms with Crippen LogP contribution in [-0.2, 0) is 0 Å². The Morgan fingerprint density at radius 2 is 2.06 bits per heavy atom. The van der Waals surface area contributed by atoms with Gasteiger partial charge in [0, 0.05) is 0 Å². The first kappa shape index (κ1) is 9.03. The van der Waals surface area contributed by atoms with Gasteiger partial charge in [-0.3, -0.25) is 0 Å². The number of fused-ring (bicyclic) bond motifs is 3. The van der Waals surface area contributed by atoms with Crippen LogP contribution in [0.15, 0.2) is 44.2 Å². The third-order valence-electron chi connectivity index (χ3n) is 2.52. The zero-order chi connectivity index (χ0) is 11.1. The van der Waals surface area contributed by atoms with Gasteiger partial charge in [-0.2, -0.15) is 0 Å². The molecule has 0 amide bonds. The molecule has 80 valence electrons. The van der Waals surface area contributed by atoms with E-state index in [9.17, 15) is 4.79 Å². The molecule has 0 aliphatic carbocycles. The first-order valence-electron chi connectivity index (χ1n) is 4.77. The van der Waals surface area contributed by atoms with Gasteiger partial charge in [0.1, 0.15) is 11.3 Å². The third kappa shape index (κ3) is 1.13. The fourth-order valence-corrected chi connectivity index (χ4v) is 1.81. The second kappa shape index (κ2) is 3.13. The topological polar surface area (TPSA) is 52.6 Å². The van der Waals surface area contributed by atoms with Gasteiger partial charge < -0.3 is 13.6 Å². The van der Waals surface area contributed by atoms with E-state index in [1.165, 1.54) is 13.2 Å². The molecule has 0 unspecified atom stereocenters. The lowest BCUT2D eigenvalue weighted by atomic mass is 10.1. The van der Waals surface area contributed by atoms with Gasteiger partial charge in [0.15, 0.2) is 5.58 Å². The van der Waals surface area contributed by atoms with Crippen molar-refractivity contribution in [2.75, 3.05) is 7.11 Å². The minimum atomic E-state index is -0.432. The minimum Gasteiger partial charge on any atom is -0.496 e. The van der Waals surface area contributed by atoms with Crippen LogP contribution in [0.1, 0.15) is 0 Å². The van der Waals surface area contributed by atoms with Crippen molar-refractivity contribution in [1.82, 2.24) is 0 Å². The van der Waals surface area contributed by atoms with Crippen molar-refractivity contribution in [3.63, 3.8) is 0 Å². The lowest BCUT2D eigenvalue weighted by Gasteiger charge is -2.03. The molecule has 0 fully saturated rings. The number of benzene rings is 1. The van der Waals surface area contributed by atoms with E-state index < -0.39 is 5.63 Å². The summed E-state index contributed by atoms with van der Waals surface area (Å²) in [4.78, 5) is 11.4. The molecule has 0 saturated heterocycles. The molecule has 0 N–H and O–H groups in total. The lowest BCUT2D eigenvalue weighted by Crippen LogP contribution is -1.98. The van der Waals surface area contributed by atoms with Crippen LogP contribution < -0.4 is 10.4 Å². The molecule has 0 spiro atoms. The molecule has 2 heterocycles. The smallest absolute Gasteiger partial charge is 0.339 e. The third-order valence-corrected chi connectivity index (χ3v) is 2.52. The van der Waals surface area contributed by atoms with Crippen LogP contribution in [0.25, 0.3) is 21.9 Å². The Morgan fingerprint density at radius 1 is 1.19 bits per heavy atom. The highest BCUT2D eigenvalue weighted by Gasteiger charge is 2.10. The fraction of sp³-hybridized carbons (Fsp3) is 0.0833. The highest BCUT2D eigenvalue weighted by molar-refractivity contribution is 6.03. The number of methoxy groups -OCH3 is 1. The van der Waals surface area contributed by atoms with Gasteiger partial charge in [0.05, 0.1) is 30.2 Å². The van der Waals surface area contributed by atoms with E-state index in [4.69, 9.17) is 13.6 Å². The van der Waals surface area contributed by atoms with Crippen molar-refractivity contribution in [1.29, 1.82) is 0 Å². The Balaban J connectivity index is 2.59. The zero-order valence-corrected chi connectivity index (χ0v) is 8.52. The van der Waals surface area contributed by atoms with E-state index in [-0.39, 0.29) is 0 Å². The van der Waals surface area contributed by atoms with Crippen molar-refractivity contribution >= 4 is 21.9 Å². The van der Waals surface area contributed by atoms with Crippen LogP contribution >= 0.6 is 0 Å². The van der Waals surface area contributed by atoms with Gasteiger partial charge in [0.25, 0.3) is 0 Å². The van der Waals surface area contributed by atoms with Crippen LogP contribution in [0, 0.1) is 0 Å². The second-order valence-electron chi connectivity index (χ2n) is 3.41. The first-order valence-corrected chi connectivity index (χ1v) is 4.77. The van der Waals surface area contributed by atoms with Gasteiger partial charge in [-0.1, -0.05) is 0 Å². The number of rotatable bonds is 1. The number of furan rings is 1. The molecule has 16 heavy (non-hydrogen) atoms. The Bertz CT molecular complexity index is 721. The van der Waals surface area contributed by atoms with Gasteiger partial charge in [-0.25, -0.2) is 4.79 Å². The van der Waals surface area contributed by atoms with Crippen LogP contribution in [-0.4, -0.2) is 7.11 Å². The van der Waals surface area contributed by atoms with E-state index in [1.54, 1.807) is 12.3 Å². The summed E-state index contributed by atoms with van der Waals surface area (Å²) in [6.07, 6.45) is 1.56. The van der Waals surface area contributed by atoms with Crippen LogP contribution in [0.4, 0.5) is 0 Å². The molecular weight excluding hydrogens is 208 g/mol. The van der Waals surface area contributed by atoms with Crippen molar-refractivity contribution < 1.29 is 13.6 Å². The average Bonchev–Trinajstić information content (AvgIpc) is 2.76. The van der Waals surface area contributed by atoms with Crippen molar-refractivity contribution in [3.05, 3.63) is 40.9 Å². The summed E-state index contributed by atoms with van der Waals surface area (Å²) in [6.45, 7) is 0. The summed E-state index contributed by atoms with van der Waals surface area (Å²) >= 11 is 0. The molecule has 0 aliphatic rings. The standard InChI is InChI=1S/C12H8O4/c1-14-10-6-11(13)16-12-7(10)2-3-9-8(12)4-5-15-9/h2-6H,1H3. The summed E-state index contributed by atoms with van der Waals surface area (Å²) in [6, 6.07) is 6.72. The Kier molecular flexibility index (Phi) is 1.77. The Hall–Kier alpha value is -2.23. The fourth-order valence-electron chi connectivity index (χ4n) is 1.81. The van der Waals surface area contributed by atoms with E-state index in [1.807, 2.05) is 12.1 Å². The minimum absolute atomic E-state index is 0.432. The molecule has 0 radical (unpaired) electrons. The summed E-state index contributed by atoms with van der Waals surface area (Å²) < 4.78 is 15.6. The second-order valence-corrected chi connectivity index (χ2v) is 3.41. The summed E-state index contributed by atoms with van der Waals surface area (Å²) in [5.74, 6) is 0.509. The molecule has 0 bridgehead atoms. The van der Waals surface area contributed by atoms with Gasteiger partial charge in [-0.05, 0) is 18.2 Å². The SMILES string of the molecule is COc1cc(=O)oc2c1ccc1occc12. The van der Waals surface area contributed by atoms with Crippen LogP contribution in [0.3, 0.4) is 0 Å². The predicted octanol–water partition coefficient (Wildman–Crippen LogP) is 2.55. The molecule has 2 aromatic heterocycles. The number of hydrogen-bond acceptors (Lipinski definition) is 4. The molecule has 0 saturated carbocycles. The van der Waals surface area contributed by atoms with E-state index in [0.717, 1.165) is 10.8 Å². The monoisotopic (exact) mass is 216 g/mol. The van der Waals surface area contributed by atoms with E-state index >= 15 is 0 Å². The maximum absolute atomic E-state index is 11.4. The van der Waals surface area contributed by atoms with Gasteiger partial charge in [-0.15, -0.1) is 0 Å². The van der Waals surface area contributed by atoms with E-state index in [2.05, 4.69) is 0 Å². The highest BCUT2D eigenvalue weighted by atomic mass is 16.5. The number of hydrogen-bond donors (Lipinski definition) is 0. The molecule has 0 aliphatic heterocycles. The highest BCUT2D eigenvalue weighted by Crippen LogP contribution is 2.30. The van der Waals surface area contributed by atoms with Gasteiger partial charge >= 0.3 is 5.63 Å². The van der Waals surface area contributed by atoms with E-state index in [0.29, 0.717) is 16.9 Å². The predicted molar refractivity (Wildman–Crippen MR) is 58.8 cm³/mol. The molecular formula is C12H8O4.